The molecular weight excluding hydrogens is 658 g/mol. The number of hydrogen-bond acceptors (Lipinski definition) is 7. The summed E-state index contributed by atoms with van der Waals surface area (Å²) >= 11 is 0. The molecule has 1 aliphatic rings. The lowest BCUT2D eigenvalue weighted by molar-refractivity contribution is 0.0694. The molecule has 0 radical (unpaired) electrons. The first-order chi connectivity index (χ1) is 24.7. The van der Waals surface area contributed by atoms with Crippen LogP contribution >= 0.6 is 0 Å². The van der Waals surface area contributed by atoms with E-state index in [-0.39, 0.29) is 29.4 Å². The van der Waals surface area contributed by atoms with E-state index in [1.807, 2.05) is 0 Å². The van der Waals surface area contributed by atoms with Crippen molar-refractivity contribution in [3.8, 4) is 23.7 Å². The Balaban J connectivity index is 0.000000174. The van der Waals surface area contributed by atoms with E-state index >= 15 is 0 Å². The molecule has 2 aromatic carbocycles. The molecule has 0 unspecified atom stereocenters. The number of aromatic nitrogens is 4. The Morgan fingerprint density at radius 1 is 0.765 bits per heavy atom. The Morgan fingerprint density at radius 3 is 1.71 bits per heavy atom. The normalized spacial score (nSPS) is 11.6. The van der Waals surface area contributed by atoms with Crippen LogP contribution in [0.4, 0.5) is 8.78 Å². The van der Waals surface area contributed by atoms with Crippen LogP contribution in [-0.2, 0) is 16.1 Å². The molecule has 0 atom stereocenters. The lowest BCUT2D eigenvalue weighted by Crippen LogP contribution is -2.22. The number of halogens is 2. The highest BCUT2D eigenvalue weighted by molar-refractivity contribution is 5.87. The molecule has 0 aliphatic carbocycles. The number of pyridine rings is 2. The molecule has 0 spiro atoms. The van der Waals surface area contributed by atoms with Gasteiger partial charge in [0.1, 0.15) is 28.5 Å². The van der Waals surface area contributed by atoms with Gasteiger partial charge in [-0.3, -0.25) is 18.4 Å². The zero-order chi connectivity index (χ0) is 36.2. The highest BCUT2D eigenvalue weighted by Gasteiger charge is 2.11. The number of methoxy groups -OCH3 is 1. The van der Waals surface area contributed by atoms with Gasteiger partial charge < -0.3 is 14.6 Å². The number of carboxylic acid groups (broad SMARTS) is 1. The molecular formula is C39H30F2N4O6. The summed E-state index contributed by atoms with van der Waals surface area (Å²) in [6, 6.07) is 18.5. The second-order valence-electron chi connectivity index (χ2n) is 10.9. The van der Waals surface area contributed by atoms with Crippen LogP contribution in [0, 0.1) is 35.3 Å². The van der Waals surface area contributed by atoms with Crippen molar-refractivity contribution in [1.29, 1.82) is 0 Å². The molecule has 0 bridgehead atoms. The highest BCUT2D eigenvalue weighted by Crippen LogP contribution is 2.07. The topological polar surface area (TPSA) is 124 Å². The molecule has 10 nitrogen and oxygen atoms in total. The van der Waals surface area contributed by atoms with Gasteiger partial charge in [0, 0.05) is 67.4 Å². The number of nitrogens with zero attached hydrogens (tertiary/aromatic N) is 4. The molecule has 256 valence electrons. The van der Waals surface area contributed by atoms with E-state index in [9.17, 15) is 23.2 Å². The van der Waals surface area contributed by atoms with Gasteiger partial charge in [-0.2, -0.15) is 0 Å². The summed E-state index contributed by atoms with van der Waals surface area (Å²) in [5.41, 5.74) is 2.43. The molecule has 0 amide bonds. The van der Waals surface area contributed by atoms with Crippen molar-refractivity contribution in [3.63, 3.8) is 0 Å². The Bertz CT molecular complexity index is 2440. The van der Waals surface area contributed by atoms with Crippen molar-refractivity contribution in [1.82, 2.24) is 18.8 Å². The monoisotopic (exact) mass is 688 g/mol. The van der Waals surface area contributed by atoms with Crippen LogP contribution in [0.5, 0.6) is 0 Å². The predicted octanol–water partition coefficient (Wildman–Crippen LogP) is 5.11. The highest BCUT2D eigenvalue weighted by atomic mass is 19.1. The molecule has 5 heterocycles. The van der Waals surface area contributed by atoms with E-state index in [2.05, 4.69) is 33.6 Å². The van der Waals surface area contributed by atoms with Crippen LogP contribution in [0.25, 0.3) is 11.3 Å². The summed E-state index contributed by atoms with van der Waals surface area (Å²) in [7, 11) is 1.53. The Hall–Kier alpha value is -6.47. The van der Waals surface area contributed by atoms with Gasteiger partial charge >= 0.3 is 5.97 Å². The van der Waals surface area contributed by atoms with Gasteiger partial charge in [0.05, 0.1) is 12.2 Å². The second kappa shape index (κ2) is 17.3. The van der Waals surface area contributed by atoms with Gasteiger partial charge in [0.25, 0.3) is 11.1 Å². The van der Waals surface area contributed by atoms with E-state index in [4.69, 9.17) is 14.6 Å². The number of benzene rings is 2. The molecule has 0 saturated carbocycles. The summed E-state index contributed by atoms with van der Waals surface area (Å²) in [4.78, 5) is 43.3. The molecule has 7 rings (SSSR count). The third kappa shape index (κ3) is 9.80. The quantitative estimate of drug-likeness (QED) is 0.255. The van der Waals surface area contributed by atoms with E-state index < -0.39 is 17.1 Å². The van der Waals surface area contributed by atoms with Gasteiger partial charge in [-0.15, -0.1) is 0 Å². The fourth-order valence-electron chi connectivity index (χ4n) is 4.68. The first-order valence-electron chi connectivity index (χ1n) is 15.6. The van der Waals surface area contributed by atoms with Gasteiger partial charge in [-0.1, -0.05) is 35.8 Å². The maximum Gasteiger partial charge on any atom is 0.342 e. The van der Waals surface area contributed by atoms with Crippen molar-refractivity contribution in [2.75, 3.05) is 20.3 Å². The molecule has 1 saturated heterocycles. The van der Waals surface area contributed by atoms with E-state index in [0.29, 0.717) is 33.5 Å². The van der Waals surface area contributed by atoms with Crippen LogP contribution in [0.2, 0.25) is 0 Å². The maximum absolute atomic E-state index is 13.1. The van der Waals surface area contributed by atoms with Crippen molar-refractivity contribution < 1.29 is 28.2 Å². The average molecular weight is 689 g/mol. The minimum atomic E-state index is -1.33. The fourth-order valence-corrected chi connectivity index (χ4v) is 4.68. The maximum atomic E-state index is 13.1. The Labute approximate surface area is 290 Å². The summed E-state index contributed by atoms with van der Waals surface area (Å²) < 4.78 is 38.7. The largest absolute Gasteiger partial charge is 0.477 e. The zero-order valence-corrected chi connectivity index (χ0v) is 27.3. The first-order valence-corrected chi connectivity index (χ1v) is 15.6. The molecule has 1 N–H and O–H groups in total. The molecule has 12 heteroatoms. The van der Waals surface area contributed by atoms with Crippen LogP contribution in [0.3, 0.4) is 0 Å². The first kappa shape index (κ1) is 35.8. The Morgan fingerprint density at radius 2 is 1.25 bits per heavy atom. The van der Waals surface area contributed by atoms with Crippen molar-refractivity contribution >= 4 is 17.3 Å². The summed E-state index contributed by atoms with van der Waals surface area (Å²) in [5, 5.41) is 8.91. The smallest absolute Gasteiger partial charge is 0.342 e. The van der Waals surface area contributed by atoms with Gasteiger partial charge in [-0.05, 0) is 73.5 Å². The van der Waals surface area contributed by atoms with Gasteiger partial charge in [-0.25, -0.2) is 23.5 Å². The van der Waals surface area contributed by atoms with Crippen LogP contribution < -0.4 is 11.1 Å². The lowest BCUT2D eigenvalue weighted by Gasteiger charge is -2.03. The molecule has 1 aliphatic heterocycles. The van der Waals surface area contributed by atoms with Crippen LogP contribution in [0.15, 0.2) is 107 Å². The standard InChI is InChI=1S/C18H13FN2O2.C17H9FN2O3.C4H8O/c1-23-12-15-11-20-17-10-14(7-8-21(17)18(15)22)6-5-13-3-2-4-16(19)9-13;18-13-3-1-2-11(8-13)4-5-12-6-7-20-15(9-12)19-10-14(16(20)21)17(22)23;1-2-4-5-3-1/h2-4,7-11H,12H2,1H3;1-3,6-10H,(H,22,23);1-4H2. The average Bonchev–Trinajstić information content (AvgIpc) is 3.72. The summed E-state index contributed by atoms with van der Waals surface area (Å²) in [5.74, 6) is 9.47. The van der Waals surface area contributed by atoms with Crippen molar-refractivity contribution in [3.05, 3.63) is 163 Å². The Kier molecular flexibility index (Phi) is 12.1. The number of ether oxygens (including phenoxy) is 2. The number of carbonyl (C=O) groups is 1. The predicted molar refractivity (Wildman–Crippen MR) is 185 cm³/mol. The number of fused-ring (bicyclic) bond motifs is 2. The number of rotatable bonds is 3. The van der Waals surface area contributed by atoms with E-state index in [0.717, 1.165) is 23.8 Å². The van der Waals surface area contributed by atoms with Crippen LogP contribution in [0.1, 0.15) is 51.0 Å². The molecule has 1 fully saturated rings. The van der Waals surface area contributed by atoms with Crippen LogP contribution in [-0.4, -0.2) is 50.2 Å². The summed E-state index contributed by atoms with van der Waals surface area (Å²) in [6.45, 7) is 2.22. The molecule has 51 heavy (non-hydrogen) atoms. The zero-order valence-electron chi connectivity index (χ0n) is 27.3. The van der Waals surface area contributed by atoms with Crippen molar-refractivity contribution in [2.45, 2.75) is 19.4 Å². The van der Waals surface area contributed by atoms with E-state index in [1.165, 1.54) is 61.0 Å². The van der Waals surface area contributed by atoms with Crippen molar-refractivity contribution in [2.24, 2.45) is 0 Å². The lowest BCUT2D eigenvalue weighted by atomic mass is 10.2. The number of hydrogen-bond donors (Lipinski definition) is 1. The summed E-state index contributed by atoms with van der Waals surface area (Å²) in [6.07, 6.45) is 8.11. The molecule has 4 aromatic heterocycles. The third-order valence-corrected chi connectivity index (χ3v) is 7.20. The fraction of sp³-hybridized carbons (Fsp3) is 0.154. The van der Waals surface area contributed by atoms with Gasteiger partial charge in [0.15, 0.2) is 0 Å². The van der Waals surface area contributed by atoms with Gasteiger partial charge in [0.2, 0.25) is 0 Å². The second-order valence-corrected chi connectivity index (χ2v) is 10.9. The minimum Gasteiger partial charge on any atom is -0.477 e. The van der Waals surface area contributed by atoms with E-state index in [1.54, 1.807) is 54.7 Å². The molecule has 6 aromatic rings. The number of carboxylic acids is 1. The minimum absolute atomic E-state index is 0.165. The third-order valence-electron chi connectivity index (χ3n) is 7.20. The number of aromatic carboxylic acids is 1. The SMILES string of the molecule is C1CCOC1.COCc1cnc2cc(C#Cc3cccc(F)c3)ccn2c1=O.O=C(O)c1cnc2cc(C#Cc3cccc(F)c3)ccn2c1=O.